The van der Waals surface area contributed by atoms with Crippen LogP contribution in [0.3, 0.4) is 0 Å². The minimum Gasteiger partial charge on any atom is -0.322 e. The molecule has 0 saturated carbocycles. The fourth-order valence-electron chi connectivity index (χ4n) is 0.577. The first-order chi connectivity index (χ1) is 4.43. The molecule has 0 saturated heterocycles. The van der Waals surface area contributed by atoms with Gasteiger partial charge in [0, 0.05) is 0 Å². The van der Waals surface area contributed by atoms with E-state index < -0.39 is 0 Å². The summed E-state index contributed by atoms with van der Waals surface area (Å²) in [6, 6.07) is 11.9. The van der Waals surface area contributed by atoms with E-state index in [1.165, 1.54) is 0 Å². The Balaban J connectivity index is 2.94. The van der Waals surface area contributed by atoms with Gasteiger partial charge in [-0.1, -0.05) is 23.2 Å². The quantitative estimate of drug-likeness (QED) is 0.468. The van der Waals surface area contributed by atoms with Gasteiger partial charge in [-0.15, -0.1) is 0 Å². The summed E-state index contributed by atoms with van der Waals surface area (Å²) in [6.07, 6.45) is 0. The molecular weight excluding hydrogens is 112 g/mol. The van der Waals surface area contributed by atoms with Gasteiger partial charge >= 0.3 is 6.07 Å². The van der Waals surface area contributed by atoms with Crippen LogP contribution in [0.15, 0.2) is 30.3 Å². The summed E-state index contributed by atoms with van der Waals surface area (Å²) in [7, 11) is 0. The molecule has 0 aliphatic carbocycles. The van der Waals surface area contributed by atoms with Crippen molar-refractivity contribution in [2.24, 2.45) is 0 Å². The third-order valence-electron chi connectivity index (χ3n) is 0.959. The van der Waals surface area contributed by atoms with Gasteiger partial charge in [0.1, 0.15) is 5.56 Å². The van der Waals surface area contributed by atoms with Gasteiger partial charge in [-0.25, -0.2) is 0 Å². The molecule has 0 fully saturated rings. The van der Waals surface area contributed by atoms with E-state index in [1.54, 1.807) is 0 Å². The molecule has 0 radical (unpaired) electrons. The molecule has 2 nitrogen and oxygen atoms in total. The summed E-state index contributed by atoms with van der Waals surface area (Å²) in [6.45, 7) is 0. The maximum atomic E-state index is 6.45. The topological polar surface area (TPSA) is 28.2 Å². The number of rotatable bonds is 0. The Morgan fingerprint density at radius 1 is 1.22 bits per heavy atom. The number of hydrogen-bond acceptors (Lipinski definition) is 0. The van der Waals surface area contributed by atoms with Gasteiger partial charge in [0.2, 0.25) is 0 Å². The molecular formula is C7H6N2. The molecule has 1 aromatic carbocycles. The minimum atomic E-state index is 0.840. The zero-order chi connectivity index (χ0) is 6.53. The Morgan fingerprint density at radius 3 is 2.44 bits per heavy atom. The van der Waals surface area contributed by atoms with Crippen molar-refractivity contribution in [2.45, 2.75) is 0 Å². The second-order valence-corrected chi connectivity index (χ2v) is 1.59. The molecule has 2 heteroatoms. The van der Waals surface area contributed by atoms with E-state index in [4.69, 9.17) is 5.84 Å². The van der Waals surface area contributed by atoms with Crippen molar-refractivity contribution in [1.29, 1.82) is 0 Å². The highest BCUT2D eigenvalue weighted by atomic mass is 15.1. The van der Waals surface area contributed by atoms with Gasteiger partial charge < -0.3 is 5.84 Å². The maximum absolute atomic E-state index is 6.45. The van der Waals surface area contributed by atoms with Crippen LogP contribution < -0.4 is 0 Å². The van der Waals surface area contributed by atoms with Crippen molar-refractivity contribution in [1.82, 2.24) is 0 Å². The fraction of sp³-hybridized carbons (Fsp3) is 0. The zero-order valence-electron chi connectivity index (χ0n) is 4.83. The molecule has 1 aromatic rings. The van der Waals surface area contributed by atoms with E-state index >= 15 is 0 Å². The van der Waals surface area contributed by atoms with Gasteiger partial charge in [-0.3, -0.25) is 0 Å². The number of benzene rings is 1. The summed E-state index contributed by atoms with van der Waals surface area (Å²) in [5, 5.41) is 0. The van der Waals surface area contributed by atoms with Crippen molar-refractivity contribution in [3.8, 4) is 6.07 Å². The molecule has 9 heavy (non-hydrogen) atoms. The van der Waals surface area contributed by atoms with Gasteiger partial charge in [-0.2, -0.15) is 0 Å². The number of nitrogens with zero attached hydrogens (tertiary/aromatic N) is 1. The second kappa shape index (κ2) is 2.73. The lowest BCUT2D eigenvalue weighted by atomic mass is 10.2. The predicted octanol–water partition coefficient (Wildman–Crippen LogP) is 2.33. The predicted molar refractivity (Wildman–Crippen MR) is 37.1 cm³/mol. The van der Waals surface area contributed by atoms with Gasteiger partial charge in [-0.05, 0) is 12.1 Å². The Labute approximate surface area is 53.7 Å². The molecule has 0 unspecified atom stereocenters. The fourth-order valence-corrected chi connectivity index (χ4v) is 0.577. The van der Waals surface area contributed by atoms with E-state index in [2.05, 4.69) is 11.0 Å². The molecule has 0 spiro atoms. The van der Waals surface area contributed by atoms with Gasteiger partial charge in [0.25, 0.3) is 0 Å². The highest BCUT2D eigenvalue weighted by molar-refractivity contribution is 5.30. The van der Waals surface area contributed by atoms with E-state index in [1.807, 2.05) is 30.3 Å². The van der Waals surface area contributed by atoms with Crippen molar-refractivity contribution < 1.29 is 0 Å². The number of nitrogens with one attached hydrogen (secondary N) is 1. The van der Waals surface area contributed by atoms with Crippen LogP contribution in [-0.4, -0.2) is 0 Å². The first-order valence-corrected chi connectivity index (χ1v) is 2.61. The van der Waals surface area contributed by atoms with E-state index in [-0.39, 0.29) is 0 Å². The van der Waals surface area contributed by atoms with E-state index in [0.29, 0.717) is 0 Å². The third-order valence-corrected chi connectivity index (χ3v) is 0.959. The lowest BCUT2D eigenvalue weighted by molar-refractivity contribution is 1.64. The minimum absolute atomic E-state index is 0.840. The Kier molecular flexibility index (Phi) is 1.71. The Bertz CT molecular complexity index is 230. The molecule has 0 bridgehead atoms. The average Bonchev–Trinajstić information content (AvgIpc) is 1.91. The van der Waals surface area contributed by atoms with Crippen LogP contribution in [0.5, 0.6) is 0 Å². The van der Waals surface area contributed by atoms with Gasteiger partial charge in [0.05, 0.1) is 0 Å². The standard InChI is InChI=1S/C7H6N2/c8-9-6-7-4-2-1-3-5-7/h1-5,8H. The van der Waals surface area contributed by atoms with Crippen LogP contribution in [0.25, 0.3) is 10.8 Å². The molecule has 0 heterocycles. The van der Waals surface area contributed by atoms with Crippen molar-refractivity contribution in [2.75, 3.05) is 0 Å². The first-order valence-electron chi connectivity index (χ1n) is 2.61. The molecule has 0 aliphatic heterocycles. The van der Waals surface area contributed by atoms with Crippen LogP contribution in [0.4, 0.5) is 0 Å². The van der Waals surface area contributed by atoms with E-state index in [9.17, 15) is 0 Å². The highest BCUT2D eigenvalue weighted by Gasteiger charge is 1.86. The molecule has 1 rings (SSSR count). The van der Waals surface area contributed by atoms with Crippen molar-refractivity contribution >= 4 is 0 Å². The summed E-state index contributed by atoms with van der Waals surface area (Å²) >= 11 is 0. The second-order valence-electron chi connectivity index (χ2n) is 1.59. The molecule has 0 atom stereocenters. The molecule has 1 N–H and O–H groups in total. The lowest BCUT2D eigenvalue weighted by Crippen LogP contribution is -1.66. The number of hydrogen-bond donors (Lipinski definition) is 0. The zero-order valence-corrected chi connectivity index (χ0v) is 4.83. The van der Waals surface area contributed by atoms with Crippen LogP contribution in [-0.2, 0) is 0 Å². The maximum Gasteiger partial charge on any atom is 0.309 e. The van der Waals surface area contributed by atoms with Crippen molar-refractivity contribution in [3.63, 3.8) is 0 Å². The highest BCUT2D eigenvalue weighted by Crippen LogP contribution is 1.94. The Hall–Kier alpha value is -1.49. The molecule has 0 aliphatic rings. The summed E-state index contributed by atoms with van der Waals surface area (Å²) in [5.74, 6) is 6.45. The average molecular weight is 118 g/mol. The normalized spacial score (nSPS) is 7.56. The SMILES string of the molecule is [NH-][N+]#Cc1ccccc1. The lowest BCUT2D eigenvalue weighted by Gasteiger charge is -1.77. The molecule has 0 aromatic heterocycles. The summed E-state index contributed by atoms with van der Waals surface area (Å²) in [4.78, 5) is 3.01. The van der Waals surface area contributed by atoms with Crippen LogP contribution in [0.2, 0.25) is 0 Å². The van der Waals surface area contributed by atoms with Crippen LogP contribution in [0, 0.1) is 6.07 Å². The largest absolute Gasteiger partial charge is 0.322 e. The van der Waals surface area contributed by atoms with Crippen molar-refractivity contribution in [3.05, 3.63) is 46.7 Å². The third kappa shape index (κ3) is 1.46. The Morgan fingerprint density at radius 2 is 1.89 bits per heavy atom. The van der Waals surface area contributed by atoms with Crippen LogP contribution in [0.1, 0.15) is 5.56 Å². The summed E-state index contributed by atoms with van der Waals surface area (Å²) in [5.41, 5.74) is 0.840. The smallest absolute Gasteiger partial charge is 0.309 e. The van der Waals surface area contributed by atoms with E-state index in [0.717, 1.165) is 5.56 Å². The van der Waals surface area contributed by atoms with Gasteiger partial charge in [0.15, 0.2) is 0 Å². The molecule has 44 valence electrons. The molecule has 0 amide bonds. The summed E-state index contributed by atoms with van der Waals surface area (Å²) < 4.78 is 0. The first kappa shape index (κ1) is 5.64. The monoisotopic (exact) mass is 118 g/mol. The van der Waals surface area contributed by atoms with Crippen LogP contribution >= 0.6 is 0 Å².